The summed E-state index contributed by atoms with van der Waals surface area (Å²) in [5.74, 6) is 0. The second-order valence-electron chi connectivity index (χ2n) is 3.37. The van der Waals surface area contributed by atoms with Crippen LogP contribution >= 0.6 is 0 Å². The number of hydrogen-bond donors (Lipinski definition) is 0. The number of rotatable bonds is 4. The third kappa shape index (κ3) is 2.56. The van der Waals surface area contributed by atoms with Crippen LogP contribution in [0.3, 0.4) is 0 Å². The van der Waals surface area contributed by atoms with Crippen molar-refractivity contribution in [2.24, 2.45) is 0 Å². The Labute approximate surface area is 80.7 Å². The van der Waals surface area contributed by atoms with Crippen LogP contribution in [0.5, 0.6) is 0 Å². The average Bonchev–Trinajstić information content (AvgIpc) is 2.16. The largest absolute Gasteiger partial charge is 0.377 e. The summed E-state index contributed by atoms with van der Waals surface area (Å²) in [5, 5.41) is 0. The lowest BCUT2D eigenvalue weighted by Gasteiger charge is -2.16. The fourth-order valence-electron chi connectivity index (χ4n) is 1.61. The lowest BCUT2D eigenvalue weighted by molar-refractivity contribution is 0.0945. The van der Waals surface area contributed by atoms with E-state index in [4.69, 9.17) is 4.74 Å². The van der Waals surface area contributed by atoms with Crippen molar-refractivity contribution in [1.29, 1.82) is 0 Å². The van der Waals surface area contributed by atoms with E-state index in [1.165, 1.54) is 11.1 Å². The molecule has 1 nitrogen and oxygen atoms in total. The van der Waals surface area contributed by atoms with E-state index >= 15 is 0 Å². The average molecular weight is 178 g/mol. The summed E-state index contributed by atoms with van der Waals surface area (Å²) in [5.41, 5.74) is 2.65. The first-order valence-electron chi connectivity index (χ1n) is 4.88. The molecule has 1 aromatic rings. The summed E-state index contributed by atoms with van der Waals surface area (Å²) < 4.78 is 5.46. The molecule has 0 aliphatic heterocycles. The van der Waals surface area contributed by atoms with Gasteiger partial charge in [-0.2, -0.15) is 0 Å². The van der Waals surface area contributed by atoms with Gasteiger partial charge in [-0.1, -0.05) is 37.6 Å². The SMILES string of the molecule is CCCC(OC)c1ccccc1C. The van der Waals surface area contributed by atoms with Gasteiger partial charge in [0, 0.05) is 7.11 Å². The Morgan fingerprint density at radius 1 is 1.31 bits per heavy atom. The molecule has 1 unspecified atom stereocenters. The molecule has 1 rings (SSSR count). The minimum absolute atomic E-state index is 0.270. The van der Waals surface area contributed by atoms with Crippen LogP contribution in [0.4, 0.5) is 0 Å². The Balaban J connectivity index is 2.84. The predicted octanol–water partition coefficient (Wildman–Crippen LogP) is 3.48. The van der Waals surface area contributed by atoms with Crippen molar-refractivity contribution in [2.45, 2.75) is 32.8 Å². The van der Waals surface area contributed by atoms with Crippen LogP contribution in [0.2, 0.25) is 0 Å². The standard InChI is InChI=1S/C12H18O/c1-4-7-12(13-3)11-9-6-5-8-10(11)2/h5-6,8-9,12H,4,7H2,1-3H3. The van der Waals surface area contributed by atoms with Gasteiger partial charge < -0.3 is 4.74 Å². The number of aryl methyl sites for hydroxylation is 1. The van der Waals surface area contributed by atoms with Crippen LogP contribution in [-0.2, 0) is 4.74 Å². The first kappa shape index (κ1) is 10.3. The van der Waals surface area contributed by atoms with E-state index in [1.807, 2.05) is 0 Å². The minimum atomic E-state index is 0.270. The van der Waals surface area contributed by atoms with Gasteiger partial charge in [0.2, 0.25) is 0 Å². The van der Waals surface area contributed by atoms with Gasteiger partial charge >= 0.3 is 0 Å². The molecule has 0 spiro atoms. The van der Waals surface area contributed by atoms with Crippen molar-refractivity contribution in [1.82, 2.24) is 0 Å². The molecule has 0 bridgehead atoms. The van der Waals surface area contributed by atoms with Gasteiger partial charge in [-0.05, 0) is 24.5 Å². The molecule has 0 saturated carbocycles. The minimum Gasteiger partial charge on any atom is -0.377 e. The topological polar surface area (TPSA) is 9.23 Å². The van der Waals surface area contributed by atoms with Crippen LogP contribution in [0.15, 0.2) is 24.3 Å². The monoisotopic (exact) mass is 178 g/mol. The summed E-state index contributed by atoms with van der Waals surface area (Å²) >= 11 is 0. The van der Waals surface area contributed by atoms with Gasteiger partial charge in [0.05, 0.1) is 6.10 Å². The number of ether oxygens (including phenoxy) is 1. The maximum absolute atomic E-state index is 5.46. The molecule has 0 aliphatic carbocycles. The van der Waals surface area contributed by atoms with Crippen molar-refractivity contribution < 1.29 is 4.74 Å². The Kier molecular flexibility index (Phi) is 3.97. The number of hydrogen-bond acceptors (Lipinski definition) is 1. The molecule has 0 fully saturated rings. The van der Waals surface area contributed by atoms with E-state index in [0.29, 0.717) is 0 Å². The lowest BCUT2D eigenvalue weighted by Crippen LogP contribution is -2.02. The van der Waals surface area contributed by atoms with E-state index in [2.05, 4.69) is 38.1 Å². The molecule has 72 valence electrons. The molecule has 0 aliphatic rings. The Hall–Kier alpha value is -0.820. The maximum Gasteiger partial charge on any atom is 0.0823 e. The summed E-state index contributed by atoms with van der Waals surface area (Å²) in [7, 11) is 1.78. The Morgan fingerprint density at radius 2 is 2.00 bits per heavy atom. The fraction of sp³-hybridized carbons (Fsp3) is 0.500. The molecule has 0 N–H and O–H groups in total. The van der Waals surface area contributed by atoms with Crippen LogP contribution < -0.4 is 0 Å². The van der Waals surface area contributed by atoms with E-state index < -0.39 is 0 Å². The predicted molar refractivity (Wildman–Crippen MR) is 55.8 cm³/mol. The first-order valence-corrected chi connectivity index (χ1v) is 4.88. The van der Waals surface area contributed by atoms with Crippen LogP contribution in [0, 0.1) is 6.92 Å². The van der Waals surface area contributed by atoms with Crippen molar-refractivity contribution in [3.63, 3.8) is 0 Å². The zero-order valence-corrected chi connectivity index (χ0v) is 8.71. The molecule has 13 heavy (non-hydrogen) atoms. The summed E-state index contributed by atoms with van der Waals surface area (Å²) in [6, 6.07) is 8.43. The van der Waals surface area contributed by atoms with Crippen LogP contribution in [-0.4, -0.2) is 7.11 Å². The smallest absolute Gasteiger partial charge is 0.0823 e. The second-order valence-corrected chi connectivity index (χ2v) is 3.37. The van der Waals surface area contributed by atoms with E-state index in [-0.39, 0.29) is 6.10 Å². The highest BCUT2D eigenvalue weighted by molar-refractivity contribution is 5.27. The fourth-order valence-corrected chi connectivity index (χ4v) is 1.61. The van der Waals surface area contributed by atoms with Gasteiger partial charge in [0.25, 0.3) is 0 Å². The molecule has 0 radical (unpaired) electrons. The van der Waals surface area contributed by atoms with Crippen molar-refractivity contribution >= 4 is 0 Å². The highest BCUT2D eigenvalue weighted by Gasteiger charge is 2.10. The lowest BCUT2D eigenvalue weighted by atomic mass is 10.0. The summed E-state index contributed by atoms with van der Waals surface area (Å²) in [6.07, 6.45) is 2.53. The van der Waals surface area contributed by atoms with Gasteiger partial charge in [0.15, 0.2) is 0 Å². The third-order valence-electron chi connectivity index (χ3n) is 2.37. The third-order valence-corrected chi connectivity index (χ3v) is 2.37. The normalized spacial score (nSPS) is 12.8. The molecule has 0 heterocycles. The van der Waals surface area contributed by atoms with Gasteiger partial charge in [-0.3, -0.25) is 0 Å². The van der Waals surface area contributed by atoms with Crippen LogP contribution in [0.1, 0.15) is 37.0 Å². The highest BCUT2D eigenvalue weighted by atomic mass is 16.5. The Bertz CT molecular complexity index is 255. The molecule has 0 amide bonds. The van der Waals surface area contributed by atoms with E-state index in [9.17, 15) is 0 Å². The van der Waals surface area contributed by atoms with Crippen molar-refractivity contribution in [2.75, 3.05) is 7.11 Å². The molecule has 1 atom stereocenters. The zero-order chi connectivity index (χ0) is 9.68. The van der Waals surface area contributed by atoms with Crippen molar-refractivity contribution in [3.8, 4) is 0 Å². The molecule has 1 aromatic carbocycles. The highest BCUT2D eigenvalue weighted by Crippen LogP contribution is 2.24. The van der Waals surface area contributed by atoms with Gasteiger partial charge in [0.1, 0.15) is 0 Å². The second kappa shape index (κ2) is 5.03. The van der Waals surface area contributed by atoms with Crippen LogP contribution in [0.25, 0.3) is 0 Å². The van der Waals surface area contributed by atoms with Gasteiger partial charge in [-0.25, -0.2) is 0 Å². The van der Waals surface area contributed by atoms with Crippen molar-refractivity contribution in [3.05, 3.63) is 35.4 Å². The summed E-state index contributed by atoms with van der Waals surface area (Å²) in [4.78, 5) is 0. The number of methoxy groups -OCH3 is 1. The summed E-state index contributed by atoms with van der Waals surface area (Å²) in [6.45, 7) is 4.32. The molecule has 0 aromatic heterocycles. The molecular formula is C12H18O. The quantitative estimate of drug-likeness (QED) is 0.685. The molecule has 1 heteroatoms. The Morgan fingerprint density at radius 3 is 2.54 bits per heavy atom. The van der Waals surface area contributed by atoms with E-state index in [0.717, 1.165) is 12.8 Å². The van der Waals surface area contributed by atoms with Gasteiger partial charge in [-0.15, -0.1) is 0 Å². The number of benzene rings is 1. The first-order chi connectivity index (χ1) is 6.29. The maximum atomic E-state index is 5.46. The van der Waals surface area contributed by atoms with E-state index in [1.54, 1.807) is 7.11 Å². The molecule has 0 saturated heterocycles. The zero-order valence-electron chi connectivity index (χ0n) is 8.71. The molecular weight excluding hydrogens is 160 g/mol.